The van der Waals surface area contributed by atoms with Gasteiger partial charge in [0.05, 0.1) is 0 Å². The van der Waals surface area contributed by atoms with E-state index >= 15 is 0 Å². The predicted molar refractivity (Wildman–Crippen MR) is 71.1 cm³/mol. The molecule has 1 aliphatic rings. The molecule has 1 saturated heterocycles. The first-order valence-corrected chi connectivity index (χ1v) is 7.45. The van der Waals surface area contributed by atoms with Gasteiger partial charge in [-0.2, -0.15) is 12.7 Å². The first-order valence-electron chi connectivity index (χ1n) is 6.01. The molecule has 6 heteroatoms. The van der Waals surface area contributed by atoms with E-state index in [1.807, 2.05) is 31.2 Å². The van der Waals surface area contributed by atoms with Crippen molar-refractivity contribution in [2.45, 2.75) is 13.5 Å². The van der Waals surface area contributed by atoms with Gasteiger partial charge >= 0.3 is 0 Å². The van der Waals surface area contributed by atoms with Crippen molar-refractivity contribution in [3.8, 4) is 0 Å². The molecule has 0 saturated carbocycles. The molecule has 18 heavy (non-hydrogen) atoms. The van der Waals surface area contributed by atoms with E-state index in [4.69, 9.17) is 5.73 Å². The van der Waals surface area contributed by atoms with E-state index in [-0.39, 0.29) is 5.92 Å². The molecule has 0 amide bonds. The molecule has 0 bridgehead atoms. The molecule has 0 radical (unpaired) electrons. The van der Waals surface area contributed by atoms with E-state index in [2.05, 4.69) is 4.72 Å². The summed E-state index contributed by atoms with van der Waals surface area (Å²) in [6.07, 6.45) is 0. The van der Waals surface area contributed by atoms with Crippen LogP contribution in [0.3, 0.4) is 0 Å². The van der Waals surface area contributed by atoms with Crippen LogP contribution in [0.25, 0.3) is 0 Å². The summed E-state index contributed by atoms with van der Waals surface area (Å²) in [4.78, 5) is 0. The van der Waals surface area contributed by atoms with Crippen LogP contribution < -0.4 is 10.5 Å². The van der Waals surface area contributed by atoms with Gasteiger partial charge in [0.15, 0.2) is 0 Å². The molecule has 0 spiro atoms. The van der Waals surface area contributed by atoms with E-state index in [0.29, 0.717) is 26.2 Å². The normalized spacial score (nSPS) is 24.0. The smallest absolute Gasteiger partial charge is 0.279 e. The quantitative estimate of drug-likeness (QED) is 0.824. The van der Waals surface area contributed by atoms with Crippen molar-refractivity contribution >= 4 is 10.2 Å². The molecule has 1 heterocycles. The van der Waals surface area contributed by atoms with Gasteiger partial charge in [0.25, 0.3) is 10.2 Å². The molecule has 1 aromatic carbocycles. The summed E-state index contributed by atoms with van der Waals surface area (Å²) in [6, 6.07) is 7.88. The van der Waals surface area contributed by atoms with Crippen molar-refractivity contribution in [3.05, 3.63) is 35.4 Å². The second-order valence-electron chi connectivity index (χ2n) is 4.73. The molecule has 2 rings (SSSR count). The lowest BCUT2D eigenvalue weighted by Gasteiger charge is -2.32. The predicted octanol–water partition coefficient (Wildman–Crippen LogP) is 0.220. The first kappa shape index (κ1) is 13.5. The zero-order chi connectivity index (χ0) is 13.2. The van der Waals surface area contributed by atoms with E-state index in [0.717, 1.165) is 5.56 Å². The van der Waals surface area contributed by atoms with Crippen LogP contribution in [0.4, 0.5) is 0 Å². The minimum absolute atomic E-state index is 0.180. The van der Waals surface area contributed by atoms with Crippen LogP contribution >= 0.6 is 0 Å². The highest BCUT2D eigenvalue weighted by Gasteiger charge is 2.30. The maximum atomic E-state index is 11.9. The lowest BCUT2D eigenvalue weighted by atomic mass is 10.1. The number of nitrogens with one attached hydrogen (secondary N) is 1. The third-order valence-corrected chi connectivity index (χ3v) is 4.66. The van der Waals surface area contributed by atoms with Gasteiger partial charge in [-0.3, -0.25) is 0 Å². The van der Waals surface area contributed by atoms with Crippen molar-refractivity contribution in [1.29, 1.82) is 0 Å². The Balaban J connectivity index is 2.12. The fourth-order valence-electron chi connectivity index (χ4n) is 1.97. The molecular formula is C12H19N3O2S. The molecule has 0 aromatic heterocycles. The fourth-order valence-corrected chi connectivity index (χ4v) is 3.32. The first-order chi connectivity index (χ1) is 8.51. The Morgan fingerprint density at radius 1 is 1.39 bits per heavy atom. The average molecular weight is 269 g/mol. The van der Waals surface area contributed by atoms with Crippen molar-refractivity contribution in [3.63, 3.8) is 0 Å². The molecular weight excluding hydrogens is 250 g/mol. The minimum Gasteiger partial charge on any atom is -0.330 e. The standard InChI is InChI=1S/C12H19N3O2S/c1-10-2-4-11(5-3-10)8-15-9-12(6-13)7-14-18(15,16)17/h2-5,12,14H,6-9,13H2,1H3. The third-order valence-electron chi connectivity index (χ3n) is 3.17. The number of nitrogens with two attached hydrogens (primary N) is 1. The number of benzene rings is 1. The van der Waals surface area contributed by atoms with Gasteiger partial charge < -0.3 is 5.73 Å². The monoisotopic (exact) mass is 269 g/mol. The number of hydrogen-bond donors (Lipinski definition) is 2. The van der Waals surface area contributed by atoms with Gasteiger partial charge in [-0.15, -0.1) is 0 Å². The number of aryl methyl sites for hydroxylation is 1. The molecule has 100 valence electrons. The van der Waals surface area contributed by atoms with Crippen molar-refractivity contribution in [1.82, 2.24) is 9.03 Å². The summed E-state index contributed by atoms with van der Waals surface area (Å²) in [5.74, 6) is 0.180. The lowest BCUT2D eigenvalue weighted by molar-refractivity contribution is 0.306. The molecule has 1 unspecified atom stereocenters. The fraction of sp³-hybridized carbons (Fsp3) is 0.500. The van der Waals surface area contributed by atoms with Crippen molar-refractivity contribution < 1.29 is 8.42 Å². The number of hydrogen-bond acceptors (Lipinski definition) is 3. The Morgan fingerprint density at radius 2 is 2.06 bits per heavy atom. The Labute approximate surface area is 108 Å². The summed E-state index contributed by atoms with van der Waals surface area (Å²) in [6.45, 7) is 3.81. The highest BCUT2D eigenvalue weighted by atomic mass is 32.2. The Morgan fingerprint density at radius 3 is 2.67 bits per heavy atom. The zero-order valence-corrected chi connectivity index (χ0v) is 11.3. The van der Waals surface area contributed by atoms with Gasteiger partial charge in [0.1, 0.15) is 0 Å². The molecule has 0 aliphatic carbocycles. The topological polar surface area (TPSA) is 75.4 Å². The van der Waals surface area contributed by atoms with E-state index in [9.17, 15) is 8.42 Å². The van der Waals surface area contributed by atoms with Crippen molar-refractivity contribution in [2.24, 2.45) is 11.7 Å². The van der Waals surface area contributed by atoms with Crippen LogP contribution in [0.15, 0.2) is 24.3 Å². The van der Waals surface area contributed by atoms with Crippen LogP contribution in [0.2, 0.25) is 0 Å². The van der Waals surface area contributed by atoms with Crippen molar-refractivity contribution in [2.75, 3.05) is 19.6 Å². The molecule has 5 nitrogen and oxygen atoms in total. The SMILES string of the molecule is Cc1ccc(CN2CC(CN)CNS2(=O)=O)cc1. The lowest BCUT2D eigenvalue weighted by Crippen LogP contribution is -2.52. The summed E-state index contributed by atoms with van der Waals surface area (Å²) in [5, 5.41) is 0. The van der Waals surface area contributed by atoms with Gasteiger partial charge in [-0.05, 0) is 24.9 Å². The number of rotatable bonds is 3. The summed E-state index contributed by atoms with van der Waals surface area (Å²) in [5.41, 5.74) is 7.76. The molecule has 3 N–H and O–H groups in total. The van der Waals surface area contributed by atoms with E-state index in [1.165, 1.54) is 9.87 Å². The second kappa shape index (κ2) is 5.36. The van der Waals surface area contributed by atoms with Gasteiger partial charge in [-0.1, -0.05) is 29.8 Å². The van der Waals surface area contributed by atoms with Gasteiger partial charge in [0, 0.05) is 19.6 Å². The third kappa shape index (κ3) is 3.08. The maximum absolute atomic E-state index is 11.9. The summed E-state index contributed by atoms with van der Waals surface area (Å²) < 4.78 is 27.8. The Hall–Kier alpha value is -0.950. The van der Waals surface area contributed by atoms with Crippen LogP contribution in [-0.4, -0.2) is 32.4 Å². The summed E-state index contributed by atoms with van der Waals surface area (Å²) in [7, 11) is -3.35. The average Bonchev–Trinajstić information content (AvgIpc) is 2.34. The van der Waals surface area contributed by atoms with Crippen LogP contribution in [0.5, 0.6) is 0 Å². The van der Waals surface area contributed by atoms with E-state index in [1.54, 1.807) is 0 Å². The molecule has 1 fully saturated rings. The minimum atomic E-state index is -3.35. The second-order valence-corrected chi connectivity index (χ2v) is 6.49. The van der Waals surface area contributed by atoms with Gasteiger partial charge in [0.2, 0.25) is 0 Å². The zero-order valence-electron chi connectivity index (χ0n) is 10.5. The molecule has 1 aliphatic heterocycles. The van der Waals surface area contributed by atoms with Gasteiger partial charge in [-0.25, -0.2) is 4.72 Å². The van der Waals surface area contributed by atoms with Crippen LogP contribution in [-0.2, 0) is 16.8 Å². The highest BCUT2D eigenvalue weighted by Crippen LogP contribution is 2.15. The maximum Gasteiger partial charge on any atom is 0.279 e. The molecule has 1 aromatic rings. The Bertz CT molecular complexity index is 499. The highest BCUT2D eigenvalue weighted by molar-refractivity contribution is 7.87. The number of nitrogens with zero attached hydrogens (tertiary/aromatic N) is 1. The largest absolute Gasteiger partial charge is 0.330 e. The summed E-state index contributed by atoms with van der Waals surface area (Å²) >= 11 is 0. The van der Waals surface area contributed by atoms with E-state index < -0.39 is 10.2 Å². The Kier molecular flexibility index (Phi) is 4.01. The molecule has 1 atom stereocenters. The van der Waals surface area contributed by atoms with Crippen LogP contribution in [0.1, 0.15) is 11.1 Å². The van der Waals surface area contributed by atoms with Crippen LogP contribution in [0, 0.1) is 12.8 Å².